The Morgan fingerprint density at radius 1 is 1.06 bits per heavy atom. The topological polar surface area (TPSA) is 111 Å². The summed E-state index contributed by atoms with van der Waals surface area (Å²) >= 11 is 3.29. The number of nitro groups is 1. The van der Waals surface area contributed by atoms with Crippen molar-refractivity contribution >= 4 is 39.7 Å². The van der Waals surface area contributed by atoms with Crippen LogP contribution >= 0.6 is 15.9 Å². The van der Waals surface area contributed by atoms with E-state index < -0.39 is 22.5 Å². The highest BCUT2D eigenvalue weighted by atomic mass is 79.9. The molecule has 0 unspecified atom stereocenters. The first-order valence-electron chi connectivity index (χ1n) is 9.00. The van der Waals surface area contributed by atoms with Gasteiger partial charge in [0.1, 0.15) is 0 Å². The molecule has 3 rings (SSSR count). The fourth-order valence-electron chi connectivity index (χ4n) is 2.65. The third kappa shape index (κ3) is 5.61. The third-order valence-corrected chi connectivity index (χ3v) is 4.67. The van der Waals surface area contributed by atoms with Crippen molar-refractivity contribution in [2.24, 2.45) is 5.10 Å². The minimum Gasteiger partial charge on any atom is -0.415 e. The number of amides is 1. The molecule has 0 saturated heterocycles. The summed E-state index contributed by atoms with van der Waals surface area (Å²) in [4.78, 5) is 35.5. The molecule has 0 aliphatic heterocycles. The van der Waals surface area contributed by atoms with Crippen LogP contribution in [0.5, 0.6) is 5.75 Å². The van der Waals surface area contributed by atoms with Crippen molar-refractivity contribution in [2.75, 3.05) is 0 Å². The van der Waals surface area contributed by atoms with E-state index in [2.05, 4.69) is 26.5 Å². The van der Waals surface area contributed by atoms with E-state index in [9.17, 15) is 19.7 Å². The van der Waals surface area contributed by atoms with Crippen LogP contribution in [0.15, 0.2) is 76.3 Å². The number of hydrazone groups is 1. The van der Waals surface area contributed by atoms with Crippen LogP contribution in [0.25, 0.3) is 0 Å². The molecule has 156 valence electrons. The van der Waals surface area contributed by atoms with E-state index >= 15 is 0 Å². The van der Waals surface area contributed by atoms with Crippen molar-refractivity contribution in [2.45, 2.75) is 6.92 Å². The van der Waals surface area contributed by atoms with E-state index in [0.29, 0.717) is 5.56 Å². The SMILES string of the molecule is Cc1cccc(C(=O)Oc2c(/C=N/NC(=O)c3ccc(Br)cc3)cccc2[N+](=O)[O-])c1. The van der Waals surface area contributed by atoms with Crippen molar-refractivity contribution in [1.82, 2.24) is 5.43 Å². The molecule has 3 aromatic rings. The van der Waals surface area contributed by atoms with E-state index in [1.165, 1.54) is 24.4 Å². The number of benzene rings is 3. The second-order valence-corrected chi connectivity index (χ2v) is 7.33. The predicted octanol–water partition coefficient (Wildman–Crippen LogP) is 4.65. The van der Waals surface area contributed by atoms with Crippen molar-refractivity contribution in [3.63, 3.8) is 0 Å². The number of hydrogen-bond acceptors (Lipinski definition) is 6. The molecule has 1 N–H and O–H groups in total. The molecule has 0 aromatic heterocycles. The quantitative estimate of drug-likeness (QED) is 0.181. The van der Waals surface area contributed by atoms with Crippen LogP contribution in [-0.2, 0) is 0 Å². The zero-order valence-corrected chi connectivity index (χ0v) is 17.8. The van der Waals surface area contributed by atoms with E-state index in [4.69, 9.17) is 4.74 Å². The van der Waals surface area contributed by atoms with Gasteiger partial charge in [-0.2, -0.15) is 5.10 Å². The molecule has 9 heteroatoms. The lowest BCUT2D eigenvalue weighted by Crippen LogP contribution is -2.17. The van der Waals surface area contributed by atoms with Crippen LogP contribution in [0.1, 0.15) is 31.8 Å². The number of nitrogens with zero attached hydrogens (tertiary/aromatic N) is 2. The van der Waals surface area contributed by atoms with Gasteiger partial charge in [-0.1, -0.05) is 39.7 Å². The number of esters is 1. The molecule has 31 heavy (non-hydrogen) atoms. The van der Waals surface area contributed by atoms with E-state index in [0.717, 1.165) is 10.0 Å². The zero-order valence-electron chi connectivity index (χ0n) is 16.2. The first-order valence-corrected chi connectivity index (χ1v) is 9.79. The Hall–Kier alpha value is -3.85. The molecule has 0 aliphatic carbocycles. The normalized spacial score (nSPS) is 10.6. The van der Waals surface area contributed by atoms with Crippen molar-refractivity contribution < 1.29 is 19.2 Å². The molecule has 0 aliphatic rings. The maximum Gasteiger partial charge on any atom is 0.343 e. The Kier molecular flexibility index (Phi) is 6.88. The molecule has 0 atom stereocenters. The summed E-state index contributed by atoms with van der Waals surface area (Å²) in [5, 5.41) is 15.3. The largest absolute Gasteiger partial charge is 0.415 e. The smallest absolute Gasteiger partial charge is 0.343 e. The van der Waals surface area contributed by atoms with Gasteiger partial charge >= 0.3 is 11.7 Å². The third-order valence-electron chi connectivity index (χ3n) is 4.15. The number of nitrogens with one attached hydrogen (secondary N) is 1. The number of hydrogen-bond donors (Lipinski definition) is 1. The van der Waals surface area contributed by atoms with Crippen LogP contribution in [0.3, 0.4) is 0 Å². The summed E-state index contributed by atoms with van der Waals surface area (Å²) < 4.78 is 6.17. The van der Waals surface area contributed by atoms with Gasteiger partial charge in [-0.25, -0.2) is 10.2 Å². The van der Waals surface area contributed by atoms with Gasteiger partial charge in [0, 0.05) is 21.7 Å². The van der Waals surface area contributed by atoms with Gasteiger partial charge in [0.15, 0.2) is 0 Å². The number of ether oxygens (including phenoxy) is 1. The van der Waals surface area contributed by atoms with Crippen LogP contribution < -0.4 is 10.2 Å². The lowest BCUT2D eigenvalue weighted by Gasteiger charge is -2.08. The van der Waals surface area contributed by atoms with Gasteiger partial charge in [-0.3, -0.25) is 14.9 Å². The average molecular weight is 482 g/mol. The molecule has 0 heterocycles. The van der Waals surface area contributed by atoms with Crippen LogP contribution in [0.2, 0.25) is 0 Å². The standard InChI is InChI=1S/C22H16BrN3O5/c1-14-4-2-5-16(12-14)22(28)31-20-17(6-3-7-19(20)26(29)30)13-24-25-21(27)15-8-10-18(23)11-9-15/h2-13H,1H3,(H,25,27)/b24-13+. The molecule has 3 aromatic carbocycles. The Labute approximate surface area is 185 Å². The highest BCUT2D eigenvalue weighted by Gasteiger charge is 2.22. The predicted molar refractivity (Wildman–Crippen MR) is 118 cm³/mol. The Bertz CT molecular complexity index is 1180. The van der Waals surface area contributed by atoms with E-state index in [-0.39, 0.29) is 16.9 Å². The summed E-state index contributed by atoms with van der Waals surface area (Å²) in [5.41, 5.74) is 3.58. The van der Waals surface area contributed by atoms with E-state index in [1.807, 2.05) is 13.0 Å². The lowest BCUT2D eigenvalue weighted by atomic mass is 10.1. The first kappa shape index (κ1) is 21.8. The molecular weight excluding hydrogens is 466 g/mol. The summed E-state index contributed by atoms with van der Waals surface area (Å²) in [6.07, 6.45) is 1.18. The number of halogens is 1. The maximum absolute atomic E-state index is 12.5. The number of carbonyl (C=O) groups excluding carboxylic acids is 2. The minimum atomic E-state index is -0.744. The second kappa shape index (κ2) is 9.77. The number of nitro benzene ring substituents is 1. The maximum atomic E-state index is 12.5. The van der Waals surface area contributed by atoms with Gasteiger partial charge in [0.05, 0.1) is 16.7 Å². The molecule has 0 radical (unpaired) electrons. The van der Waals surface area contributed by atoms with Crippen LogP contribution in [-0.4, -0.2) is 23.0 Å². The Morgan fingerprint density at radius 2 is 1.77 bits per heavy atom. The molecular formula is C22H16BrN3O5. The van der Waals surface area contributed by atoms with Gasteiger partial charge in [0.2, 0.25) is 5.75 Å². The molecule has 0 fully saturated rings. The fraction of sp³-hybridized carbons (Fsp3) is 0.0455. The van der Waals surface area contributed by atoms with Gasteiger partial charge in [-0.05, 0) is 49.4 Å². The molecule has 0 spiro atoms. The number of para-hydroxylation sites is 1. The molecule has 0 saturated carbocycles. The van der Waals surface area contributed by atoms with Crippen molar-refractivity contribution in [1.29, 1.82) is 0 Å². The van der Waals surface area contributed by atoms with Crippen molar-refractivity contribution in [3.8, 4) is 5.75 Å². The summed E-state index contributed by atoms with van der Waals surface area (Å²) in [7, 11) is 0. The molecule has 1 amide bonds. The number of rotatable bonds is 6. The zero-order chi connectivity index (χ0) is 22.4. The van der Waals surface area contributed by atoms with Gasteiger partial charge in [0.25, 0.3) is 5.91 Å². The average Bonchev–Trinajstić information content (AvgIpc) is 2.74. The number of carbonyl (C=O) groups is 2. The van der Waals surface area contributed by atoms with Crippen LogP contribution in [0.4, 0.5) is 5.69 Å². The fourth-order valence-corrected chi connectivity index (χ4v) is 2.91. The summed E-state index contributed by atoms with van der Waals surface area (Å²) in [6.45, 7) is 1.81. The summed E-state index contributed by atoms with van der Waals surface area (Å²) in [6, 6.07) is 17.4. The van der Waals surface area contributed by atoms with Crippen molar-refractivity contribution in [3.05, 3.63) is 104 Å². The highest BCUT2D eigenvalue weighted by Crippen LogP contribution is 2.30. The second-order valence-electron chi connectivity index (χ2n) is 6.42. The Balaban J connectivity index is 1.84. The summed E-state index contributed by atoms with van der Waals surface area (Å²) in [5.74, 6) is -1.47. The first-order chi connectivity index (χ1) is 14.8. The Morgan fingerprint density at radius 3 is 2.45 bits per heavy atom. The molecule has 0 bridgehead atoms. The van der Waals surface area contributed by atoms with Gasteiger partial charge < -0.3 is 4.74 Å². The molecule has 8 nitrogen and oxygen atoms in total. The highest BCUT2D eigenvalue weighted by molar-refractivity contribution is 9.10. The van der Waals surface area contributed by atoms with Crippen LogP contribution in [0, 0.1) is 17.0 Å². The minimum absolute atomic E-state index is 0.159. The van der Waals surface area contributed by atoms with E-state index in [1.54, 1.807) is 42.5 Å². The monoisotopic (exact) mass is 481 g/mol. The lowest BCUT2D eigenvalue weighted by molar-refractivity contribution is -0.385. The van der Waals surface area contributed by atoms with Gasteiger partial charge in [-0.15, -0.1) is 0 Å². The number of aryl methyl sites for hydroxylation is 1.